The molecule has 4 atom stereocenters. The fraction of sp³-hybridized carbons (Fsp3) is 1.00. The Morgan fingerprint density at radius 2 is 1.59 bits per heavy atom. The van der Waals surface area contributed by atoms with Crippen LogP contribution in [-0.4, -0.2) is 50.8 Å². The second kappa shape index (κ2) is 12.2. The van der Waals surface area contributed by atoms with Crippen LogP contribution < -0.4 is 33.6 Å². The van der Waals surface area contributed by atoms with E-state index in [1.807, 2.05) is 0 Å². The highest BCUT2D eigenvalue weighted by Crippen LogP contribution is 2.27. The normalized spacial score (nSPS) is 27.0. The molecule has 0 aromatic carbocycles. The molecule has 0 amide bonds. The van der Waals surface area contributed by atoms with Gasteiger partial charge in [-0.15, -0.1) is 0 Å². The van der Waals surface area contributed by atoms with Crippen LogP contribution in [0.2, 0.25) is 0 Å². The van der Waals surface area contributed by atoms with Gasteiger partial charge in [-0.25, -0.2) is 0 Å². The molecule has 6 nitrogen and oxygen atoms in total. The summed E-state index contributed by atoms with van der Waals surface area (Å²) in [5.74, 6) is 0.543. The van der Waals surface area contributed by atoms with Gasteiger partial charge in [-0.2, -0.15) is 0 Å². The third-order valence-corrected chi connectivity index (χ3v) is 4.73. The molecular weight excluding hydrogens is 276 g/mol. The largest absolute Gasteiger partial charge is 0.330 e. The van der Waals surface area contributed by atoms with Crippen LogP contribution in [0.15, 0.2) is 0 Å². The molecule has 1 saturated carbocycles. The van der Waals surface area contributed by atoms with Crippen LogP contribution >= 0.6 is 0 Å². The zero-order valence-electron chi connectivity index (χ0n) is 14.1. The van der Waals surface area contributed by atoms with Crippen LogP contribution in [0.3, 0.4) is 0 Å². The molecule has 6 heteroatoms. The van der Waals surface area contributed by atoms with E-state index in [1.54, 1.807) is 0 Å². The van der Waals surface area contributed by atoms with Gasteiger partial charge in [0.2, 0.25) is 0 Å². The number of hydrogen-bond acceptors (Lipinski definition) is 6. The standard InChI is InChI=1S/C16H38N6/c17-7-2-10-21-9-1-4-16(22-11-3-8-18)14-6-5-13(19)12-15(14)20/h13-16,21-22H,1-12,17-20H2. The average molecular weight is 315 g/mol. The highest BCUT2D eigenvalue weighted by Gasteiger charge is 2.31. The zero-order chi connectivity index (χ0) is 16.2. The maximum absolute atomic E-state index is 6.37. The molecule has 10 N–H and O–H groups in total. The van der Waals surface area contributed by atoms with E-state index >= 15 is 0 Å². The van der Waals surface area contributed by atoms with Crippen molar-refractivity contribution >= 4 is 0 Å². The van der Waals surface area contributed by atoms with E-state index in [-0.39, 0.29) is 12.1 Å². The molecule has 0 radical (unpaired) electrons. The molecule has 0 saturated heterocycles. The summed E-state index contributed by atoms with van der Waals surface area (Å²) in [5.41, 5.74) is 23.5. The highest BCUT2D eigenvalue weighted by molar-refractivity contribution is 4.91. The Bertz CT molecular complexity index is 263. The number of rotatable bonds is 12. The van der Waals surface area contributed by atoms with Crippen LogP contribution in [0, 0.1) is 5.92 Å². The second-order valence-corrected chi connectivity index (χ2v) is 6.64. The first kappa shape index (κ1) is 19.8. The molecule has 22 heavy (non-hydrogen) atoms. The van der Waals surface area contributed by atoms with Gasteiger partial charge in [0.15, 0.2) is 0 Å². The van der Waals surface area contributed by atoms with E-state index in [0.717, 1.165) is 71.2 Å². The predicted octanol–water partition coefficient (Wildman–Crippen LogP) is -0.533. The van der Waals surface area contributed by atoms with Crippen molar-refractivity contribution in [2.24, 2.45) is 28.9 Å². The van der Waals surface area contributed by atoms with E-state index in [0.29, 0.717) is 12.0 Å². The van der Waals surface area contributed by atoms with Gasteiger partial charge in [-0.05, 0) is 83.6 Å². The van der Waals surface area contributed by atoms with Gasteiger partial charge in [0.25, 0.3) is 0 Å². The van der Waals surface area contributed by atoms with E-state index < -0.39 is 0 Å². The highest BCUT2D eigenvalue weighted by atomic mass is 14.9. The summed E-state index contributed by atoms with van der Waals surface area (Å²) >= 11 is 0. The van der Waals surface area contributed by atoms with E-state index in [9.17, 15) is 0 Å². The molecule has 0 aromatic rings. The first-order valence-corrected chi connectivity index (χ1v) is 9.04. The Kier molecular flexibility index (Phi) is 11.0. The summed E-state index contributed by atoms with van der Waals surface area (Å²) in [6.45, 7) is 4.54. The fourth-order valence-electron chi connectivity index (χ4n) is 3.42. The summed E-state index contributed by atoms with van der Waals surface area (Å²) in [6, 6.07) is 1.00. The first-order valence-electron chi connectivity index (χ1n) is 9.04. The molecule has 0 aromatic heterocycles. The first-order chi connectivity index (χ1) is 10.7. The molecule has 132 valence electrons. The maximum Gasteiger partial charge on any atom is 0.0111 e. The molecule has 0 spiro atoms. The average Bonchev–Trinajstić information content (AvgIpc) is 2.49. The van der Waals surface area contributed by atoms with Gasteiger partial charge >= 0.3 is 0 Å². The quantitative estimate of drug-likeness (QED) is 0.269. The predicted molar refractivity (Wildman–Crippen MR) is 94.5 cm³/mol. The molecule has 0 bridgehead atoms. The van der Waals surface area contributed by atoms with Crippen molar-refractivity contribution in [2.75, 3.05) is 32.7 Å². The SMILES string of the molecule is NCCCNCCCC(NCCCN)C1CCC(N)CC1N. The van der Waals surface area contributed by atoms with Crippen LogP contribution in [0.25, 0.3) is 0 Å². The van der Waals surface area contributed by atoms with Gasteiger partial charge in [-0.1, -0.05) is 0 Å². The lowest BCUT2D eigenvalue weighted by Gasteiger charge is -2.38. The Balaban J connectivity index is 2.35. The summed E-state index contributed by atoms with van der Waals surface area (Å²) < 4.78 is 0. The van der Waals surface area contributed by atoms with Crippen LogP contribution in [0.4, 0.5) is 0 Å². The van der Waals surface area contributed by atoms with Crippen molar-refractivity contribution < 1.29 is 0 Å². The molecule has 1 rings (SSSR count). The number of nitrogens with one attached hydrogen (secondary N) is 2. The van der Waals surface area contributed by atoms with Crippen LogP contribution in [0.1, 0.15) is 44.9 Å². The van der Waals surface area contributed by atoms with Crippen molar-refractivity contribution in [3.8, 4) is 0 Å². The molecule has 1 aliphatic rings. The molecule has 0 heterocycles. The van der Waals surface area contributed by atoms with Crippen molar-refractivity contribution in [3.05, 3.63) is 0 Å². The van der Waals surface area contributed by atoms with Crippen molar-refractivity contribution in [2.45, 2.75) is 63.1 Å². The Morgan fingerprint density at radius 3 is 2.27 bits per heavy atom. The lowest BCUT2D eigenvalue weighted by Crippen LogP contribution is -2.51. The second-order valence-electron chi connectivity index (χ2n) is 6.64. The zero-order valence-corrected chi connectivity index (χ0v) is 14.1. The van der Waals surface area contributed by atoms with Gasteiger partial charge in [0, 0.05) is 18.1 Å². The van der Waals surface area contributed by atoms with Gasteiger partial charge < -0.3 is 33.6 Å². The molecule has 1 fully saturated rings. The van der Waals surface area contributed by atoms with E-state index in [4.69, 9.17) is 22.9 Å². The van der Waals surface area contributed by atoms with Gasteiger partial charge in [-0.3, -0.25) is 0 Å². The van der Waals surface area contributed by atoms with Gasteiger partial charge in [0.05, 0.1) is 0 Å². The lowest BCUT2D eigenvalue weighted by molar-refractivity contribution is 0.209. The topological polar surface area (TPSA) is 128 Å². The smallest absolute Gasteiger partial charge is 0.0111 e. The van der Waals surface area contributed by atoms with E-state index in [2.05, 4.69) is 10.6 Å². The lowest BCUT2D eigenvalue weighted by atomic mass is 9.77. The third kappa shape index (κ3) is 7.85. The molecule has 1 aliphatic carbocycles. The summed E-state index contributed by atoms with van der Waals surface area (Å²) in [5, 5.41) is 7.14. The maximum atomic E-state index is 6.37. The molecule has 0 aliphatic heterocycles. The van der Waals surface area contributed by atoms with Crippen molar-refractivity contribution in [1.29, 1.82) is 0 Å². The van der Waals surface area contributed by atoms with Crippen molar-refractivity contribution in [1.82, 2.24) is 10.6 Å². The van der Waals surface area contributed by atoms with Gasteiger partial charge in [0.1, 0.15) is 0 Å². The van der Waals surface area contributed by atoms with Crippen molar-refractivity contribution in [3.63, 3.8) is 0 Å². The number of hydrogen-bond donors (Lipinski definition) is 6. The Hall–Kier alpha value is -0.240. The minimum atomic E-state index is 0.226. The Morgan fingerprint density at radius 1 is 0.909 bits per heavy atom. The third-order valence-electron chi connectivity index (χ3n) is 4.73. The van der Waals surface area contributed by atoms with Crippen LogP contribution in [-0.2, 0) is 0 Å². The summed E-state index contributed by atoms with van der Waals surface area (Å²) in [7, 11) is 0. The summed E-state index contributed by atoms with van der Waals surface area (Å²) in [6.07, 6.45) is 7.59. The monoisotopic (exact) mass is 314 g/mol. The van der Waals surface area contributed by atoms with E-state index in [1.165, 1.54) is 6.42 Å². The Labute approximate surface area is 136 Å². The minimum Gasteiger partial charge on any atom is -0.330 e. The number of nitrogens with two attached hydrogens (primary N) is 4. The molecular formula is C16H38N6. The minimum absolute atomic E-state index is 0.226. The fourth-order valence-corrected chi connectivity index (χ4v) is 3.42. The summed E-state index contributed by atoms with van der Waals surface area (Å²) in [4.78, 5) is 0. The van der Waals surface area contributed by atoms with Crippen LogP contribution in [0.5, 0.6) is 0 Å². The molecule has 4 unspecified atom stereocenters.